The third kappa shape index (κ3) is 1.48. The van der Waals surface area contributed by atoms with Crippen molar-refractivity contribution in [3.63, 3.8) is 0 Å². The smallest absolute Gasteiger partial charge is 0.285 e. The Balaban J connectivity index is 0.000000720. The number of carbonyl (C=O) groups is 2. The third-order valence-corrected chi connectivity index (χ3v) is 1.36. The number of hydrogen-bond acceptors (Lipinski definition) is 4. The summed E-state index contributed by atoms with van der Waals surface area (Å²) < 4.78 is 0. The number of carbonyl (C=O) groups excluding carboxylic acids is 2. The summed E-state index contributed by atoms with van der Waals surface area (Å²) in [6, 6.07) is 0. The molecule has 0 unspecified atom stereocenters. The van der Waals surface area contributed by atoms with Crippen LogP contribution in [0.1, 0.15) is 21.0 Å². The molecule has 0 aliphatic carbocycles. The molecule has 5 nitrogen and oxygen atoms in total. The first-order chi connectivity index (χ1) is 5.29. The molecule has 2 amide bonds. The summed E-state index contributed by atoms with van der Waals surface area (Å²) >= 11 is 0. The standard InChI is InChI=1S/C6H3N3O2.K/c10-5-3-4(6(11)9-5)8-2-1-7-3;/h1-2H,(H,9,10,11);/q;+1. The van der Waals surface area contributed by atoms with Crippen molar-refractivity contribution in [1.82, 2.24) is 15.3 Å². The van der Waals surface area contributed by atoms with Gasteiger partial charge >= 0.3 is 51.4 Å². The Morgan fingerprint density at radius 2 is 1.42 bits per heavy atom. The average molecular weight is 188 g/mol. The van der Waals surface area contributed by atoms with Gasteiger partial charge < -0.3 is 0 Å². The van der Waals surface area contributed by atoms with Crippen molar-refractivity contribution in [3.8, 4) is 0 Å². The van der Waals surface area contributed by atoms with Crippen LogP contribution in [0.4, 0.5) is 0 Å². The Hall–Kier alpha value is -0.144. The van der Waals surface area contributed by atoms with Crippen LogP contribution in [0.25, 0.3) is 0 Å². The summed E-state index contributed by atoms with van der Waals surface area (Å²) in [6.45, 7) is 0. The molecule has 1 N–H and O–H groups in total. The maximum atomic E-state index is 10.8. The van der Waals surface area contributed by atoms with E-state index in [9.17, 15) is 9.59 Å². The Kier molecular flexibility index (Phi) is 3.07. The molecule has 6 heteroatoms. The van der Waals surface area contributed by atoms with Gasteiger partial charge in [-0.3, -0.25) is 14.9 Å². The van der Waals surface area contributed by atoms with Crippen LogP contribution in [0, 0.1) is 0 Å². The van der Waals surface area contributed by atoms with Crippen LogP contribution in [0.5, 0.6) is 0 Å². The topological polar surface area (TPSA) is 72.0 Å². The van der Waals surface area contributed by atoms with Gasteiger partial charge in [-0.25, -0.2) is 9.97 Å². The quantitative estimate of drug-likeness (QED) is 0.337. The molecular weight excluding hydrogens is 185 g/mol. The Morgan fingerprint density at radius 1 is 1.00 bits per heavy atom. The molecule has 0 atom stereocenters. The number of amides is 2. The van der Waals surface area contributed by atoms with E-state index in [1.165, 1.54) is 12.4 Å². The molecule has 0 spiro atoms. The molecule has 0 aromatic carbocycles. The van der Waals surface area contributed by atoms with Crippen molar-refractivity contribution >= 4 is 11.8 Å². The van der Waals surface area contributed by atoms with Gasteiger partial charge in [0.25, 0.3) is 11.8 Å². The zero-order valence-electron chi connectivity index (χ0n) is 6.37. The van der Waals surface area contributed by atoms with Gasteiger partial charge in [0.15, 0.2) is 11.4 Å². The second kappa shape index (κ2) is 3.71. The van der Waals surface area contributed by atoms with Crippen molar-refractivity contribution in [3.05, 3.63) is 23.8 Å². The fourth-order valence-corrected chi connectivity index (χ4v) is 0.892. The zero-order valence-corrected chi connectivity index (χ0v) is 9.49. The first kappa shape index (κ1) is 9.94. The van der Waals surface area contributed by atoms with Gasteiger partial charge in [0.05, 0.1) is 0 Å². The number of fused-ring (bicyclic) bond motifs is 1. The van der Waals surface area contributed by atoms with E-state index in [4.69, 9.17) is 0 Å². The first-order valence-electron chi connectivity index (χ1n) is 2.96. The van der Waals surface area contributed by atoms with Crippen molar-refractivity contribution < 1.29 is 61.0 Å². The van der Waals surface area contributed by atoms with E-state index in [1.54, 1.807) is 0 Å². The molecule has 1 aliphatic heterocycles. The zero-order chi connectivity index (χ0) is 7.84. The van der Waals surface area contributed by atoms with Crippen molar-refractivity contribution in [1.29, 1.82) is 0 Å². The van der Waals surface area contributed by atoms with Crippen LogP contribution in [0.2, 0.25) is 0 Å². The molecule has 0 saturated carbocycles. The third-order valence-electron chi connectivity index (χ3n) is 1.36. The van der Waals surface area contributed by atoms with E-state index in [1.807, 2.05) is 0 Å². The number of hydrogen-bond donors (Lipinski definition) is 1. The van der Waals surface area contributed by atoms with E-state index in [0.717, 1.165) is 0 Å². The van der Waals surface area contributed by atoms with Crippen molar-refractivity contribution in [2.24, 2.45) is 0 Å². The van der Waals surface area contributed by atoms with Crippen LogP contribution < -0.4 is 56.7 Å². The SMILES string of the molecule is O=C1NC(=O)c2nccnc21.[K+]. The second-order valence-corrected chi connectivity index (χ2v) is 2.04. The Morgan fingerprint density at radius 3 is 1.83 bits per heavy atom. The summed E-state index contributed by atoms with van der Waals surface area (Å²) in [5, 5.41) is 2.08. The summed E-state index contributed by atoms with van der Waals surface area (Å²) in [5.74, 6) is -0.948. The maximum Gasteiger partial charge on any atom is 1.00 e. The number of nitrogens with zero attached hydrogens (tertiary/aromatic N) is 2. The maximum absolute atomic E-state index is 10.8. The molecule has 0 saturated heterocycles. The summed E-state index contributed by atoms with van der Waals surface area (Å²) in [5.41, 5.74) is 0.218. The largest absolute Gasteiger partial charge is 1.00 e. The second-order valence-electron chi connectivity index (χ2n) is 2.04. The van der Waals surface area contributed by atoms with Crippen LogP contribution in [0.15, 0.2) is 12.4 Å². The van der Waals surface area contributed by atoms with E-state index in [0.29, 0.717) is 0 Å². The van der Waals surface area contributed by atoms with Gasteiger partial charge in [-0.2, -0.15) is 0 Å². The number of nitrogens with one attached hydrogen (secondary N) is 1. The molecule has 1 aromatic rings. The summed E-state index contributed by atoms with van der Waals surface area (Å²) in [4.78, 5) is 29.1. The summed E-state index contributed by atoms with van der Waals surface area (Å²) in [6.07, 6.45) is 2.74. The molecule has 0 radical (unpaired) electrons. The molecule has 12 heavy (non-hydrogen) atoms. The van der Waals surface area contributed by atoms with Gasteiger partial charge in [-0.15, -0.1) is 0 Å². The van der Waals surface area contributed by atoms with E-state index >= 15 is 0 Å². The number of rotatable bonds is 0. The van der Waals surface area contributed by atoms with Crippen LogP contribution in [-0.2, 0) is 0 Å². The average Bonchev–Trinajstić information content (AvgIpc) is 2.30. The normalized spacial score (nSPS) is 13.3. The predicted molar refractivity (Wildman–Crippen MR) is 33.8 cm³/mol. The number of aromatic nitrogens is 2. The monoisotopic (exact) mass is 188 g/mol. The van der Waals surface area contributed by atoms with E-state index < -0.39 is 11.8 Å². The molecule has 0 fully saturated rings. The fraction of sp³-hybridized carbons (Fsp3) is 0. The summed E-state index contributed by atoms with van der Waals surface area (Å²) in [7, 11) is 0. The van der Waals surface area contributed by atoms with Gasteiger partial charge in [0.2, 0.25) is 0 Å². The molecule has 2 rings (SSSR count). The minimum atomic E-state index is -0.474. The molecule has 2 heterocycles. The van der Waals surface area contributed by atoms with Crippen molar-refractivity contribution in [2.45, 2.75) is 0 Å². The van der Waals surface area contributed by atoms with E-state index in [-0.39, 0.29) is 62.8 Å². The van der Waals surface area contributed by atoms with Gasteiger partial charge in [0, 0.05) is 12.4 Å². The molecule has 0 bridgehead atoms. The van der Waals surface area contributed by atoms with Gasteiger partial charge in [-0.05, 0) is 0 Å². The van der Waals surface area contributed by atoms with Crippen LogP contribution >= 0.6 is 0 Å². The minimum Gasteiger partial charge on any atom is -0.285 e. The van der Waals surface area contributed by atoms with Gasteiger partial charge in [-0.1, -0.05) is 0 Å². The number of imide groups is 1. The van der Waals surface area contributed by atoms with Crippen LogP contribution in [0.3, 0.4) is 0 Å². The van der Waals surface area contributed by atoms with Gasteiger partial charge in [0.1, 0.15) is 0 Å². The molecule has 1 aromatic heterocycles. The molecule has 1 aliphatic rings. The van der Waals surface area contributed by atoms with E-state index in [2.05, 4.69) is 15.3 Å². The molecule has 54 valence electrons. The minimum absolute atomic E-state index is 0. The first-order valence-corrected chi connectivity index (χ1v) is 2.96. The van der Waals surface area contributed by atoms with Crippen molar-refractivity contribution in [2.75, 3.05) is 0 Å². The van der Waals surface area contributed by atoms with Crippen LogP contribution in [-0.4, -0.2) is 21.8 Å². The Bertz CT molecular complexity index is 319. The predicted octanol–water partition coefficient (Wildman–Crippen LogP) is -3.64. The Labute approximate surface area is 110 Å². The molecular formula is C6H3KN3O2+. The fourth-order valence-electron chi connectivity index (χ4n) is 0.892.